The van der Waals surface area contributed by atoms with Gasteiger partial charge in [-0.3, -0.25) is 18.6 Å². The summed E-state index contributed by atoms with van der Waals surface area (Å²) < 4.78 is 17.0. The second kappa shape index (κ2) is 10.5. The molecule has 0 saturated carbocycles. The Hall–Kier alpha value is -3.00. The predicted molar refractivity (Wildman–Crippen MR) is 125 cm³/mol. The second-order valence-corrected chi connectivity index (χ2v) is 9.73. The molecule has 2 atom stereocenters. The molecule has 1 aromatic carbocycles. The first kappa shape index (κ1) is 23.7. The summed E-state index contributed by atoms with van der Waals surface area (Å²) >= 11 is 1.14. The Morgan fingerprint density at radius 3 is 2.75 bits per heavy atom. The number of thiophene rings is 1. The summed E-state index contributed by atoms with van der Waals surface area (Å²) in [6.07, 6.45) is 6.80. The average molecular weight is 474 g/mol. The summed E-state index contributed by atoms with van der Waals surface area (Å²) in [5.41, 5.74) is 2.06. The van der Waals surface area contributed by atoms with Gasteiger partial charge in [-0.1, -0.05) is 5.92 Å². The number of terminal acetylenes is 1. The number of nitrogens with one attached hydrogen (secondary N) is 2. The van der Waals surface area contributed by atoms with E-state index in [1.165, 1.54) is 6.26 Å². The zero-order chi connectivity index (χ0) is 23.3. The van der Waals surface area contributed by atoms with Crippen LogP contribution >= 0.6 is 11.3 Å². The monoisotopic (exact) mass is 473 g/mol. The minimum atomic E-state index is -1.32. The lowest BCUT2D eigenvalue weighted by atomic mass is 10.1. The fourth-order valence-electron chi connectivity index (χ4n) is 3.22. The number of hydrogen-bond donors (Lipinski definition) is 2. The van der Waals surface area contributed by atoms with Gasteiger partial charge in [-0.05, 0) is 42.8 Å². The van der Waals surface area contributed by atoms with Crippen molar-refractivity contribution in [3.8, 4) is 12.3 Å². The number of aryl methyl sites for hydroxylation is 1. The van der Waals surface area contributed by atoms with Crippen LogP contribution in [0.3, 0.4) is 0 Å². The van der Waals surface area contributed by atoms with Gasteiger partial charge in [-0.15, -0.1) is 17.8 Å². The summed E-state index contributed by atoms with van der Waals surface area (Å²) in [5, 5.41) is 5.39. The number of amides is 3. The molecule has 2 heterocycles. The highest BCUT2D eigenvalue weighted by Gasteiger charge is 2.25. The molecule has 32 heavy (non-hydrogen) atoms. The lowest BCUT2D eigenvalue weighted by Crippen LogP contribution is -2.47. The number of ether oxygens (including phenoxy) is 1. The average Bonchev–Trinajstić information content (AvgIpc) is 3.23. The number of nitrogens with zero attached hydrogens (tertiary/aromatic N) is 1. The van der Waals surface area contributed by atoms with Crippen molar-refractivity contribution < 1.29 is 23.3 Å². The molecule has 8 nitrogen and oxygen atoms in total. The van der Waals surface area contributed by atoms with Crippen LogP contribution in [0.4, 0.5) is 11.4 Å². The molecule has 2 aromatic rings. The Morgan fingerprint density at radius 1 is 1.34 bits per heavy atom. The summed E-state index contributed by atoms with van der Waals surface area (Å²) in [6, 6.07) is 7.43. The number of benzene rings is 1. The highest BCUT2D eigenvalue weighted by atomic mass is 32.2. The zero-order valence-electron chi connectivity index (χ0n) is 17.7. The Balaban J connectivity index is 1.72. The Labute approximate surface area is 192 Å². The molecule has 1 fully saturated rings. The van der Waals surface area contributed by atoms with Gasteiger partial charge in [0.25, 0.3) is 11.8 Å². The van der Waals surface area contributed by atoms with Crippen LogP contribution in [0.15, 0.2) is 30.3 Å². The van der Waals surface area contributed by atoms with Gasteiger partial charge >= 0.3 is 0 Å². The molecule has 0 spiro atoms. The van der Waals surface area contributed by atoms with Crippen LogP contribution < -0.4 is 15.5 Å². The van der Waals surface area contributed by atoms with Crippen molar-refractivity contribution in [2.45, 2.75) is 13.0 Å². The molecule has 1 aliphatic heterocycles. The maximum absolute atomic E-state index is 12.9. The second-order valence-electron chi connectivity index (χ2n) is 7.16. The fourth-order valence-corrected chi connectivity index (χ4v) is 4.65. The summed E-state index contributed by atoms with van der Waals surface area (Å²) in [7, 11) is -1.32. The number of morpholine rings is 1. The summed E-state index contributed by atoms with van der Waals surface area (Å²) in [6.45, 7) is 2.81. The van der Waals surface area contributed by atoms with Crippen molar-refractivity contribution in [2.75, 3.05) is 42.0 Å². The molecule has 1 saturated heterocycles. The number of hydrogen-bond acceptors (Lipinski definition) is 6. The molecule has 0 radical (unpaired) electrons. The Morgan fingerprint density at radius 2 is 2.12 bits per heavy atom. The molecule has 3 amide bonds. The molecule has 0 bridgehead atoms. The van der Waals surface area contributed by atoms with Gasteiger partial charge in [0, 0.05) is 35.0 Å². The van der Waals surface area contributed by atoms with Crippen LogP contribution in [-0.2, 0) is 25.1 Å². The maximum Gasteiger partial charge on any atom is 0.262 e. The molecule has 2 N–H and O–H groups in total. The van der Waals surface area contributed by atoms with E-state index in [4.69, 9.17) is 11.2 Å². The third-order valence-electron chi connectivity index (χ3n) is 4.74. The smallest absolute Gasteiger partial charge is 0.262 e. The third-order valence-corrected chi connectivity index (χ3v) is 6.55. The van der Waals surface area contributed by atoms with Gasteiger partial charge in [0.15, 0.2) is 0 Å². The molecular weight excluding hydrogens is 450 g/mol. The van der Waals surface area contributed by atoms with Gasteiger partial charge in [-0.25, -0.2) is 0 Å². The largest absolute Gasteiger partial charge is 0.370 e. The van der Waals surface area contributed by atoms with Gasteiger partial charge in [0.05, 0.1) is 22.1 Å². The maximum atomic E-state index is 12.9. The lowest BCUT2D eigenvalue weighted by Gasteiger charge is -2.28. The SMILES string of the molecule is C#Cc1ccc(C(=O)NC(CS(C)=O)C(=O)Nc2ccc(N3CCOCC3=O)c(C)c2)s1. The van der Waals surface area contributed by atoms with E-state index < -0.39 is 28.7 Å². The first-order valence-corrected chi connectivity index (χ1v) is 12.3. The van der Waals surface area contributed by atoms with E-state index >= 15 is 0 Å². The number of anilines is 2. The highest BCUT2D eigenvalue weighted by Crippen LogP contribution is 2.25. The molecule has 1 aromatic heterocycles. The van der Waals surface area contributed by atoms with Crippen LogP contribution in [0.5, 0.6) is 0 Å². The normalized spacial score (nSPS) is 15.5. The van der Waals surface area contributed by atoms with Crippen LogP contribution in [0.25, 0.3) is 0 Å². The van der Waals surface area contributed by atoms with Crippen molar-refractivity contribution in [3.63, 3.8) is 0 Å². The minimum Gasteiger partial charge on any atom is -0.370 e. The molecule has 0 aliphatic carbocycles. The molecule has 3 rings (SSSR count). The number of carbonyl (C=O) groups excluding carboxylic acids is 3. The molecule has 168 valence electrons. The Kier molecular flexibility index (Phi) is 7.80. The number of rotatable bonds is 7. The first-order chi connectivity index (χ1) is 15.3. The van der Waals surface area contributed by atoms with Gasteiger partial charge < -0.3 is 20.3 Å². The number of carbonyl (C=O) groups is 3. The van der Waals surface area contributed by atoms with E-state index in [-0.39, 0.29) is 18.3 Å². The van der Waals surface area contributed by atoms with E-state index in [1.54, 1.807) is 35.2 Å². The molecule has 1 aliphatic rings. The fraction of sp³-hybridized carbons (Fsp3) is 0.318. The molecule has 10 heteroatoms. The van der Waals surface area contributed by atoms with Gasteiger partial charge in [0.2, 0.25) is 5.91 Å². The van der Waals surface area contributed by atoms with Crippen molar-refractivity contribution in [3.05, 3.63) is 45.6 Å². The van der Waals surface area contributed by atoms with E-state index in [0.29, 0.717) is 28.6 Å². The first-order valence-electron chi connectivity index (χ1n) is 9.75. The van der Waals surface area contributed by atoms with Gasteiger partial charge in [0.1, 0.15) is 12.6 Å². The Bertz CT molecular complexity index is 1110. The lowest BCUT2D eigenvalue weighted by molar-refractivity contribution is -0.125. The van der Waals surface area contributed by atoms with Crippen LogP contribution in [0.1, 0.15) is 20.1 Å². The zero-order valence-corrected chi connectivity index (χ0v) is 19.3. The van der Waals surface area contributed by atoms with Crippen molar-refractivity contribution in [1.82, 2.24) is 5.32 Å². The predicted octanol–water partition coefficient (Wildman–Crippen LogP) is 1.52. The van der Waals surface area contributed by atoms with Crippen LogP contribution in [-0.4, -0.2) is 59.7 Å². The third kappa shape index (κ3) is 5.82. The van der Waals surface area contributed by atoms with Crippen molar-refractivity contribution in [2.24, 2.45) is 0 Å². The van der Waals surface area contributed by atoms with Gasteiger partial charge in [-0.2, -0.15) is 0 Å². The highest BCUT2D eigenvalue weighted by molar-refractivity contribution is 7.84. The molecular formula is C22H23N3O5S2. The van der Waals surface area contributed by atoms with Crippen LogP contribution in [0.2, 0.25) is 0 Å². The summed E-state index contributed by atoms with van der Waals surface area (Å²) in [5.74, 6) is 1.35. The standard InChI is InChI=1S/C22H23N3O5S2/c1-4-16-6-8-19(31-16)22(28)24-17(13-32(3)29)21(27)23-15-5-7-18(14(2)11-15)25-9-10-30-12-20(25)26/h1,5-8,11,17H,9-10,12-13H2,2-3H3,(H,23,27)(H,24,28). The molecule has 2 unspecified atom stereocenters. The van der Waals surface area contributed by atoms with Crippen molar-refractivity contribution in [1.29, 1.82) is 0 Å². The van der Waals surface area contributed by atoms with E-state index in [1.807, 2.05) is 6.92 Å². The van der Waals surface area contributed by atoms with E-state index in [0.717, 1.165) is 22.6 Å². The quantitative estimate of drug-likeness (QED) is 0.594. The van der Waals surface area contributed by atoms with Crippen LogP contribution in [0, 0.1) is 19.3 Å². The summed E-state index contributed by atoms with van der Waals surface area (Å²) in [4.78, 5) is 40.1. The van der Waals surface area contributed by atoms with E-state index in [2.05, 4.69) is 16.6 Å². The van der Waals surface area contributed by atoms with E-state index in [9.17, 15) is 18.6 Å². The minimum absolute atomic E-state index is 0.0374. The topological polar surface area (TPSA) is 105 Å². The van der Waals surface area contributed by atoms with Crippen molar-refractivity contribution >= 4 is 51.2 Å².